The van der Waals surface area contributed by atoms with Gasteiger partial charge in [0.25, 0.3) is 0 Å². The molecular formula is C18H33N3O2. The van der Waals surface area contributed by atoms with E-state index >= 15 is 0 Å². The van der Waals surface area contributed by atoms with Crippen LogP contribution in [-0.2, 0) is 9.53 Å². The molecule has 0 spiro atoms. The Morgan fingerprint density at radius 3 is 2.43 bits per heavy atom. The highest BCUT2D eigenvalue weighted by Crippen LogP contribution is 2.50. The summed E-state index contributed by atoms with van der Waals surface area (Å²) in [6.45, 7) is 6.77. The molecule has 5 nitrogen and oxygen atoms in total. The number of fused-ring (bicyclic) bond motifs is 2. The Kier molecular flexibility index (Phi) is 4.49. The number of amides is 1. The second-order valence-electron chi connectivity index (χ2n) is 8.39. The van der Waals surface area contributed by atoms with Crippen molar-refractivity contribution in [3.05, 3.63) is 0 Å². The van der Waals surface area contributed by atoms with E-state index < -0.39 is 5.54 Å². The van der Waals surface area contributed by atoms with E-state index in [0.29, 0.717) is 25.1 Å². The Morgan fingerprint density at radius 1 is 1.30 bits per heavy atom. The number of nitrogens with one attached hydrogen (secondary N) is 1. The van der Waals surface area contributed by atoms with Gasteiger partial charge in [0.05, 0.1) is 6.10 Å². The van der Waals surface area contributed by atoms with Crippen LogP contribution in [0.15, 0.2) is 0 Å². The number of ether oxygens (including phenoxy) is 1. The summed E-state index contributed by atoms with van der Waals surface area (Å²) in [5.74, 6) is 0.0195. The van der Waals surface area contributed by atoms with Crippen LogP contribution in [0.4, 0.5) is 0 Å². The average Bonchev–Trinajstić information content (AvgIpc) is 2.47. The summed E-state index contributed by atoms with van der Waals surface area (Å²) in [5.41, 5.74) is 5.39. The molecule has 3 aliphatic rings. The summed E-state index contributed by atoms with van der Waals surface area (Å²) < 4.78 is 5.74. The van der Waals surface area contributed by atoms with Crippen LogP contribution in [0.25, 0.3) is 0 Å². The van der Waals surface area contributed by atoms with E-state index in [0.717, 1.165) is 12.8 Å². The van der Waals surface area contributed by atoms with Crippen LogP contribution >= 0.6 is 0 Å². The van der Waals surface area contributed by atoms with Crippen molar-refractivity contribution in [2.24, 2.45) is 11.1 Å². The van der Waals surface area contributed by atoms with Crippen molar-refractivity contribution >= 4 is 5.91 Å². The molecule has 1 amide bonds. The number of hydrogen-bond acceptors (Lipinski definition) is 4. The quantitative estimate of drug-likeness (QED) is 0.825. The van der Waals surface area contributed by atoms with Crippen molar-refractivity contribution in [1.82, 2.24) is 10.2 Å². The molecule has 1 aliphatic carbocycles. The van der Waals surface area contributed by atoms with E-state index in [1.54, 1.807) is 0 Å². The van der Waals surface area contributed by atoms with Gasteiger partial charge in [-0.25, -0.2) is 0 Å². The molecule has 3 rings (SSSR count). The molecule has 2 heterocycles. The molecule has 5 heteroatoms. The third-order valence-electron chi connectivity index (χ3n) is 6.91. The average molecular weight is 323 g/mol. The van der Waals surface area contributed by atoms with Crippen LogP contribution < -0.4 is 11.1 Å². The normalized spacial score (nSPS) is 42.8. The molecular weight excluding hydrogens is 290 g/mol. The largest absolute Gasteiger partial charge is 0.378 e. The van der Waals surface area contributed by atoms with Crippen LogP contribution in [0.5, 0.6) is 0 Å². The molecule has 3 N–H and O–H groups in total. The third-order valence-corrected chi connectivity index (χ3v) is 6.91. The maximum atomic E-state index is 12.9. The molecule has 0 aromatic heterocycles. The van der Waals surface area contributed by atoms with Crippen LogP contribution in [0.2, 0.25) is 0 Å². The highest BCUT2D eigenvalue weighted by Gasteiger charge is 2.63. The van der Waals surface area contributed by atoms with Crippen molar-refractivity contribution in [3.8, 4) is 0 Å². The van der Waals surface area contributed by atoms with Gasteiger partial charge in [-0.3, -0.25) is 4.79 Å². The first-order valence-electron chi connectivity index (χ1n) is 9.23. The van der Waals surface area contributed by atoms with Gasteiger partial charge in [-0.1, -0.05) is 20.3 Å². The number of carbonyl (C=O) groups excluding carboxylic acids is 1. The molecule has 23 heavy (non-hydrogen) atoms. The molecule has 3 fully saturated rings. The second-order valence-corrected chi connectivity index (χ2v) is 8.39. The van der Waals surface area contributed by atoms with Gasteiger partial charge in [0.15, 0.2) is 0 Å². The van der Waals surface area contributed by atoms with Gasteiger partial charge < -0.3 is 20.7 Å². The van der Waals surface area contributed by atoms with Gasteiger partial charge in [-0.05, 0) is 39.7 Å². The molecule has 0 aromatic rings. The number of piperidine rings is 2. The van der Waals surface area contributed by atoms with Gasteiger partial charge in [-0.15, -0.1) is 0 Å². The fourth-order valence-electron chi connectivity index (χ4n) is 4.87. The van der Waals surface area contributed by atoms with Gasteiger partial charge in [0.1, 0.15) is 5.54 Å². The molecule has 2 bridgehead atoms. The van der Waals surface area contributed by atoms with E-state index in [2.05, 4.69) is 31.1 Å². The van der Waals surface area contributed by atoms with E-state index in [4.69, 9.17) is 10.5 Å². The standard InChI is InChI=1S/C18H33N3O2/c1-5-23-15-11-18(19,17(15,2)3)16(22)20-12-9-13-7-6-8-14(10-12)21(13)4/h12-15H,5-11,19H2,1-4H3,(H,20,22). The third kappa shape index (κ3) is 2.71. The number of hydrogen-bond donors (Lipinski definition) is 2. The Labute approximate surface area is 140 Å². The first kappa shape index (κ1) is 17.2. The zero-order chi connectivity index (χ0) is 16.8. The summed E-state index contributed by atoms with van der Waals surface area (Å²) in [5, 5.41) is 3.28. The van der Waals surface area contributed by atoms with Crippen LogP contribution in [0.1, 0.15) is 59.3 Å². The van der Waals surface area contributed by atoms with Crippen molar-refractivity contribution in [2.75, 3.05) is 13.7 Å². The number of nitrogens with two attached hydrogens (primary N) is 1. The summed E-state index contributed by atoms with van der Waals surface area (Å²) >= 11 is 0. The minimum Gasteiger partial charge on any atom is -0.378 e. The molecule has 1 saturated carbocycles. The molecule has 2 aliphatic heterocycles. The van der Waals surface area contributed by atoms with E-state index in [1.165, 1.54) is 19.3 Å². The highest BCUT2D eigenvalue weighted by atomic mass is 16.5. The summed E-state index contributed by atoms with van der Waals surface area (Å²) in [6, 6.07) is 1.51. The highest BCUT2D eigenvalue weighted by molar-refractivity contribution is 5.89. The summed E-state index contributed by atoms with van der Waals surface area (Å²) in [7, 11) is 2.23. The number of carbonyl (C=O) groups is 1. The monoisotopic (exact) mass is 323 g/mol. The van der Waals surface area contributed by atoms with Crippen molar-refractivity contribution < 1.29 is 9.53 Å². The van der Waals surface area contributed by atoms with Crippen molar-refractivity contribution in [3.63, 3.8) is 0 Å². The van der Waals surface area contributed by atoms with Crippen LogP contribution in [-0.4, -0.2) is 54.2 Å². The lowest BCUT2D eigenvalue weighted by atomic mass is 9.54. The van der Waals surface area contributed by atoms with Gasteiger partial charge in [-0.2, -0.15) is 0 Å². The lowest BCUT2D eigenvalue weighted by Crippen LogP contribution is -2.76. The predicted octanol–water partition coefficient (Wildman–Crippen LogP) is 1.65. The number of rotatable bonds is 4. The van der Waals surface area contributed by atoms with E-state index in [9.17, 15) is 4.79 Å². The molecule has 4 unspecified atom stereocenters. The maximum absolute atomic E-state index is 12.9. The van der Waals surface area contributed by atoms with Crippen molar-refractivity contribution in [1.29, 1.82) is 0 Å². The van der Waals surface area contributed by atoms with E-state index in [-0.39, 0.29) is 23.5 Å². The fourth-order valence-corrected chi connectivity index (χ4v) is 4.87. The van der Waals surface area contributed by atoms with Gasteiger partial charge in [0.2, 0.25) is 5.91 Å². The minimum atomic E-state index is -0.800. The Bertz CT molecular complexity index is 453. The Balaban J connectivity index is 1.62. The van der Waals surface area contributed by atoms with Gasteiger partial charge in [0, 0.05) is 36.6 Å². The predicted molar refractivity (Wildman–Crippen MR) is 91.1 cm³/mol. The number of nitrogens with zero attached hydrogens (tertiary/aromatic N) is 1. The molecule has 4 atom stereocenters. The lowest BCUT2D eigenvalue weighted by molar-refractivity contribution is -0.171. The molecule has 2 saturated heterocycles. The first-order chi connectivity index (χ1) is 10.8. The Morgan fingerprint density at radius 2 is 1.91 bits per heavy atom. The summed E-state index contributed by atoms with van der Waals surface area (Å²) in [4.78, 5) is 15.4. The molecule has 0 radical (unpaired) electrons. The zero-order valence-electron chi connectivity index (χ0n) is 15.1. The molecule has 132 valence electrons. The zero-order valence-corrected chi connectivity index (χ0v) is 15.1. The Hall–Kier alpha value is -0.650. The van der Waals surface area contributed by atoms with E-state index in [1.807, 2.05) is 6.92 Å². The lowest BCUT2D eigenvalue weighted by Gasteiger charge is -2.58. The topological polar surface area (TPSA) is 67.6 Å². The summed E-state index contributed by atoms with van der Waals surface area (Å²) in [6.07, 6.45) is 6.66. The smallest absolute Gasteiger partial charge is 0.241 e. The maximum Gasteiger partial charge on any atom is 0.241 e. The van der Waals surface area contributed by atoms with Crippen molar-refractivity contribution in [2.45, 2.75) is 89.1 Å². The SMILES string of the molecule is CCOC1CC(N)(C(=O)NC2CC3CCCC(C2)N3C)C1(C)C. The fraction of sp³-hybridized carbons (Fsp3) is 0.944. The second kappa shape index (κ2) is 6.01. The molecule has 0 aromatic carbocycles. The first-order valence-corrected chi connectivity index (χ1v) is 9.23. The van der Waals surface area contributed by atoms with Gasteiger partial charge >= 0.3 is 0 Å². The minimum absolute atomic E-state index is 0.0195. The van der Waals surface area contributed by atoms with Crippen LogP contribution in [0.3, 0.4) is 0 Å². The van der Waals surface area contributed by atoms with Crippen LogP contribution in [0, 0.1) is 5.41 Å².